The lowest BCUT2D eigenvalue weighted by Gasteiger charge is -2.20. The van der Waals surface area contributed by atoms with Crippen LogP contribution in [0.15, 0.2) is 0 Å². The quantitative estimate of drug-likeness (QED) is 0.630. The molecule has 1 amide bonds. The number of carbonyl (C=O) groups excluding carboxylic acids is 1. The minimum absolute atomic E-state index is 0.0555. The monoisotopic (exact) mass is 258 g/mol. The van der Waals surface area contributed by atoms with Crippen molar-refractivity contribution in [1.29, 1.82) is 0 Å². The van der Waals surface area contributed by atoms with Gasteiger partial charge in [0.2, 0.25) is 5.91 Å². The summed E-state index contributed by atoms with van der Waals surface area (Å²) in [5, 5.41) is 3.06. The molecule has 0 aromatic rings. The van der Waals surface area contributed by atoms with Crippen LogP contribution in [-0.4, -0.2) is 31.7 Å². The zero-order valence-electron chi connectivity index (χ0n) is 12.4. The predicted molar refractivity (Wildman–Crippen MR) is 75.4 cm³/mol. The Balaban J connectivity index is 3.95. The average Bonchev–Trinajstić information content (AvgIpc) is 2.28. The zero-order valence-corrected chi connectivity index (χ0v) is 12.4. The molecular weight excluding hydrogens is 228 g/mol. The van der Waals surface area contributed by atoms with Gasteiger partial charge in [-0.1, -0.05) is 26.7 Å². The number of ether oxygens (including phenoxy) is 1. The van der Waals surface area contributed by atoms with E-state index in [2.05, 4.69) is 12.2 Å². The Bertz CT molecular complexity index is 214. The van der Waals surface area contributed by atoms with Crippen LogP contribution < -0.4 is 11.1 Å². The summed E-state index contributed by atoms with van der Waals surface area (Å²) in [5.74, 6) is 0.190. The standard InChI is InChI=1S/C14H30N2O2/c1-5-7-13(10-18-4)16-14(17)11(2)8-6-9-12(3)15/h11-13H,5-10,15H2,1-4H3,(H,16,17). The lowest BCUT2D eigenvalue weighted by Crippen LogP contribution is -2.40. The number of nitrogens with one attached hydrogen (secondary N) is 1. The Hall–Kier alpha value is -0.610. The summed E-state index contributed by atoms with van der Waals surface area (Å²) < 4.78 is 5.12. The molecule has 3 N–H and O–H groups in total. The van der Waals surface area contributed by atoms with Gasteiger partial charge >= 0.3 is 0 Å². The molecule has 0 aliphatic rings. The third-order valence-corrected chi connectivity index (χ3v) is 3.10. The summed E-state index contributed by atoms with van der Waals surface area (Å²) in [6.45, 7) is 6.68. The Morgan fingerprint density at radius 2 is 1.94 bits per heavy atom. The molecule has 108 valence electrons. The Morgan fingerprint density at radius 3 is 2.44 bits per heavy atom. The minimum Gasteiger partial charge on any atom is -0.383 e. The van der Waals surface area contributed by atoms with Crippen molar-refractivity contribution in [1.82, 2.24) is 5.32 Å². The van der Waals surface area contributed by atoms with Gasteiger partial charge in [-0.2, -0.15) is 0 Å². The van der Waals surface area contributed by atoms with Gasteiger partial charge in [0.05, 0.1) is 12.6 Å². The second-order valence-electron chi connectivity index (χ2n) is 5.26. The number of carbonyl (C=O) groups is 1. The lowest BCUT2D eigenvalue weighted by molar-refractivity contribution is -0.125. The van der Waals surface area contributed by atoms with Crippen molar-refractivity contribution in [2.24, 2.45) is 11.7 Å². The van der Waals surface area contributed by atoms with Crippen molar-refractivity contribution >= 4 is 5.91 Å². The highest BCUT2D eigenvalue weighted by atomic mass is 16.5. The predicted octanol–water partition coefficient (Wildman–Crippen LogP) is 2.07. The smallest absolute Gasteiger partial charge is 0.223 e. The maximum absolute atomic E-state index is 12.0. The maximum atomic E-state index is 12.0. The van der Waals surface area contributed by atoms with Crippen LogP contribution in [0.2, 0.25) is 0 Å². The molecule has 3 unspecified atom stereocenters. The van der Waals surface area contributed by atoms with Crippen molar-refractivity contribution in [2.75, 3.05) is 13.7 Å². The van der Waals surface area contributed by atoms with E-state index in [1.165, 1.54) is 0 Å². The number of nitrogens with two attached hydrogens (primary N) is 1. The molecule has 4 nitrogen and oxygen atoms in total. The molecule has 0 rings (SSSR count). The first-order chi connectivity index (χ1) is 8.51. The van der Waals surface area contributed by atoms with Crippen molar-refractivity contribution in [3.8, 4) is 0 Å². The van der Waals surface area contributed by atoms with Gasteiger partial charge in [0.25, 0.3) is 0 Å². The molecule has 0 bridgehead atoms. The fourth-order valence-corrected chi connectivity index (χ4v) is 1.97. The molecule has 0 spiro atoms. The maximum Gasteiger partial charge on any atom is 0.223 e. The second-order valence-corrected chi connectivity index (χ2v) is 5.26. The summed E-state index contributed by atoms with van der Waals surface area (Å²) in [4.78, 5) is 12.0. The fraction of sp³-hybridized carbons (Fsp3) is 0.929. The Kier molecular flexibility index (Phi) is 9.98. The van der Waals surface area contributed by atoms with Crippen LogP contribution in [0.4, 0.5) is 0 Å². The Labute approximate surface area is 112 Å². The zero-order chi connectivity index (χ0) is 14.0. The van der Waals surface area contributed by atoms with Crippen molar-refractivity contribution in [2.45, 2.75) is 65.0 Å². The van der Waals surface area contributed by atoms with E-state index < -0.39 is 0 Å². The van der Waals surface area contributed by atoms with Gasteiger partial charge in [-0.3, -0.25) is 4.79 Å². The van der Waals surface area contributed by atoms with Crippen molar-refractivity contribution in [3.05, 3.63) is 0 Å². The van der Waals surface area contributed by atoms with Crippen LogP contribution in [0.25, 0.3) is 0 Å². The van der Waals surface area contributed by atoms with E-state index in [-0.39, 0.29) is 23.9 Å². The molecule has 0 heterocycles. The Morgan fingerprint density at radius 1 is 1.28 bits per heavy atom. The molecule has 0 saturated heterocycles. The van der Waals surface area contributed by atoms with Gasteiger partial charge in [0, 0.05) is 19.1 Å². The number of methoxy groups -OCH3 is 1. The highest BCUT2D eigenvalue weighted by Gasteiger charge is 2.17. The molecule has 0 radical (unpaired) electrons. The van der Waals surface area contributed by atoms with Gasteiger partial charge in [0.1, 0.15) is 0 Å². The molecule has 0 aliphatic heterocycles. The van der Waals surface area contributed by atoms with E-state index in [9.17, 15) is 4.79 Å². The van der Waals surface area contributed by atoms with Crippen molar-refractivity contribution in [3.63, 3.8) is 0 Å². The number of amides is 1. The molecule has 0 aliphatic carbocycles. The minimum atomic E-state index is 0.0555. The molecule has 18 heavy (non-hydrogen) atoms. The van der Waals surface area contributed by atoms with Gasteiger partial charge < -0.3 is 15.8 Å². The van der Waals surface area contributed by atoms with Gasteiger partial charge in [0.15, 0.2) is 0 Å². The first-order valence-corrected chi connectivity index (χ1v) is 7.06. The van der Waals surface area contributed by atoms with Crippen LogP contribution in [0.5, 0.6) is 0 Å². The number of hydrogen-bond donors (Lipinski definition) is 2. The molecule has 0 aromatic carbocycles. The third kappa shape index (κ3) is 8.48. The molecular formula is C14H30N2O2. The summed E-state index contributed by atoms with van der Waals surface area (Å²) in [7, 11) is 1.67. The van der Waals surface area contributed by atoms with Crippen LogP contribution in [0, 0.1) is 5.92 Å². The number of rotatable bonds is 10. The van der Waals surface area contributed by atoms with E-state index in [1.54, 1.807) is 7.11 Å². The molecule has 0 aromatic heterocycles. The topological polar surface area (TPSA) is 64.3 Å². The van der Waals surface area contributed by atoms with Gasteiger partial charge in [-0.05, 0) is 26.2 Å². The van der Waals surface area contributed by atoms with E-state index in [1.807, 2.05) is 13.8 Å². The SMILES string of the molecule is CCCC(COC)NC(=O)C(C)CCCC(C)N. The molecule has 4 heteroatoms. The van der Waals surface area contributed by atoms with E-state index in [0.29, 0.717) is 6.61 Å². The number of hydrogen-bond acceptors (Lipinski definition) is 3. The largest absolute Gasteiger partial charge is 0.383 e. The average molecular weight is 258 g/mol. The van der Waals surface area contributed by atoms with E-state index >= 15 is 0 Å². The first-order valence-electron chi connectivity index (χ1n) is 7.06. The van der Waals surface area contributed by atoms with E-state index in [0.717, 1.165) is 32.1 Å². The second kappa shape index (κ2) is 10.3. The molecule has 3 atom stereocenters. The molecule has 0 saturated carbocycles. The fourth-order valence-electron chi connectivity index (χ4n) is 1.97. The summed E-state index contributed by atoms with van der Waals surface area (Å²) in [6, 6.07) is 0.366. The molecule has 0 fully saturated rings. The summed E-state index contributed by atoms with van der Waals surface area (Å²) in [5.41, 5.74) is 5.70. The van der Waals surface area contributed by atoms with Crippen LogP contribution >= 0.6 is 0 Å². The summed E-state index contributed by atoms with van der Waals surface area (Å²) >= 11 is 0. The normalized spacial score (nSPS) is 16.1. The van der Waals surface area contributed by atoms with Crippen LogP contribution in [-0.2, 0) is 9.53 Å². The lowest BCUT2D eigenvalue weighted by atomic mass is 10.0. The summed E-state index contributed by atoms with van der Waals surface area (Å²) in [6.07, 6.45) is 4.90. The third-order valence-electron chi connectivity index (χ3n) is 3.10. The van der Waals surface area contributed by atoms with Crippen molar-refractivity contribution < 1.29 is 9.53 Å². The van der Waals surface area contributed by atoms with Crippen LogP contribution in [0.1, 0.15) is 52.9 Å². The highest BCUT2D eigenvalue weighted by molar-refractivity contribution is 5.78. The first kappa shape index (κ1) is 17.4. The van der Waals surface area contributed by atoms with Gasteiger partial charge in [-0.25, -0.2) is 0 Å². The van der Waals surface area contributed by atoms with Gasteiger partial charge in [-0.15, -0.1) is 0 Å². The highest BCUT2D eigenvalue weighted by Crippen LogP contribution is 2.10. The van der Waals surface area contributed by atoms with Crippen LogP contribution in [0.3, 0.4) is 0 Å². The van der Waals surface area contributed by atoms with E-state index in [4.69, 9.17) is 10.5 Å².